The van der Waals surface area contributed by atoms with Crippen LogP contribution in [0.1, 0.15) is 11.1 Å². The summed E-state index contributed by atoms with van der Waals surface area (Å²) in [6, 6.07) is 14.3. The lowest BCUT2D eigenvalue weighted by Crippen LogP contribution is -2.35. The van der Waals surface area contributed by atoms with Crippen LogP contribution in [-0.2, 0) is 21.2 Å². The molecule has 2 heterocycles. The summed E-state index contributed by atoms with van der Waals surface area (Å²) < 4.78 is 29.0. The van der Waals surface area contributed by atoms with Gasteiger partial charge in [0, 0.05) is 16.8 Å². The third-order valence-electron chi connectivity index (χ3n) is 4.30. The number of nitrogens with one attached hydrogen (secondary N) is 1. The minimum atomic E-state index is -3.57. The molecule has 11 heteroatoms. The third kappa shape index (κ3) is 4.55. The second kappa shape index (κ2) is 8.29. The van der Waals surface area contributed by atoms with Gasteiger partial charge in [0.25, 0.3) is 5.91 Å². The van der Waals surface area contributed by atoms with E-state index in [2.05, 4.69) is 10.1 Å². The van der Waals surface area contributed by atoms with E-state index in [1.165, 1.54) is 6.08 Å². The molecule has 0 saturated heterocycles. The second-order valence-corrected chi connectivity index (χ2v) is 10.2. The van der Waals surface area contributed by atoms with E-state index in [4.69, 9.17) is 21.7 Å². The Balaban J connectivity index is 1.51. The Hall–Kier alpha value is -2.95. The van der Waals surface area contributed by atoms with Gasteiger partial charge in [-0.25, -0.2) is 8.42 Å². The molecule has 2 aromatic carbocycles. The third-order valence-corrected chi connectivity index (χ3v) is 7.24. The van der Waals surface area contributed by atoms with E-state index >= 15 is 0 Å². The van der Waals surface area contributed by atoms with E-state index in [9.17, 15) is 13.2 Å². The molecular formula is C20H15ClN4O4S2. The van der Waals surface area contributed by atoms with Gasteiger partial charge in [-0.1, -0.05) is 41.9 Å². The molecule has 158 valence electrons. The highest BCUT2D eigenvalue weighted by molar-refractivity contribution is 8.42. The summed E-state index contributed by atoms with van der Waals surface area (Å²) in [6.45, 7) is 0.314. The minimum absolute atomic E-state index is 0.00702. The number of sulfone groups is 1. The predicted molar refractivity (Wildman–Crippen MR) is 122 cm³/mol. The minimum Gasteiger partial charge on any atom is -0.489 e. The van der Waals surface area contributed by atoms with Crippen LogP contribution in [0.3, 0.4) is 0 Å². The number of amides is 1. The summed E-state index contributed by atoms with van der Waals surface area (Å²) >= 11 is 6.87. The maximum Gasteiger partial charge on any atom is 0.283 e. The first-order chi connectivity index (χ1) is 14.7. The second-order valence-electron chi connectivity index (χ2n) is 6.61. The molecule has 1 N–H and O–H groups in total. The quantitative estimate of drug-likeness (QED) is 0.678. The summed E-state index contributed by atoms with van der Waals surface area (Å²) in [5, 5.41) is 13.9. The van der Waals surface area contributed by atoms with Crippen molar-refractivity contribution in [2.45, 2.75) is 6.61 Å². The highest BCUT2D eigenvalue weighted by atomic mass is 35.5. The predicted octanol–water partition coefficient (Wildman–Crippen LogP) is 3.54. The van der Waals surface area contributed by atoms with Crippen LogP contribution in [0.25, 0.3) is 6.08 Å². The van der Waals surface area contributed by atoms with Crippen molar-refractivity contribution < 1.29 is 17.9 Å². The first-order valence-electron chi connectivity index (χ1n) is 8.89. The van der Waals surface area contributed by atoms with Gasteiger partial charge in [-0.15, -0.1) is 5.10 Å². The van der Waals surface area contributed by atoms with E-state index in [-0.39, 0.29) is 21.0 Å². The molecule has 0 atom stereocenters. The monoisotopic (exact) mass is 474 g/mol. The Morgan fingerprint density at radius 2 is 1.90 bits per heavy atom. The topological polar surface area (TPSA) is 112 Å². The van der Waals surface area contributed by atoms with Gasteiger partial charge in [0.1, 0.15) is 12.4 Å². The lowest BCUT2D eigenvalue weighted by molar-refractivity contribution is -0.114. The molecule has 8 nitrogen and oxygen atoms in total. The number of carbonyl (C=O) groups excluding carboxylic acids is 1. The lowest BCUT2D eigenvalue weighted by atomic mass is 10.1. The molecule has 2 aromatic rings. The zero-order chi connectivity index (χ0) is 22.2. The van der Waals surface area contributed by atoms with Gasteiger partial charge in [0.05, 0.1) is 5.57 Å². The van der Waals surface area contributed by atoms with E-state index in [1.54, 1.807) is 30.3 Å². The summed E-state index contributed by atoms with van der Waals surface area (Å²) in [4.78, 5) is 16.3. The van der Waals surface area contributed by atoms with Gasteiger partial charge in [-0.05, 0) is 41.6 Å². The van der Waals surface area contributed by atoms with Gasteiger partial charge in [0.2, 0.25) is 19.4 Å². The number of fused-ring (bicyclic) bond motifs is 1. The summed E-state index contributed by atoms with van der Waals surface area (Å²) in [7, 11) is -3.57. The van der Waals surface area contributed by atoms with Gasteiger partial charge in [-0.2, -0.15) is 10.0 Å². The fraction of sp³-hybridized carbons (Fsp3) is 0.100. The van der Waals surface area contributed by atoms with Crippen LogP contribution >= 0.6 is 23.4 Å². The van der Waals surface area contributed by atoms with Crippen molar-refractivity contribution in [1.82, 2.24) is 5.01 Å². The van der Waals surface area contributed by atoms with Crippen LogP contribution in [0.4, 0.5) is 0 Å². The normalized spacial score (nSPS) is 17.5. The number of ether oxygens (including phenoxy) is 1. The molecule has 31 heavy (non-hydrogen) atoms. The van der Waals surface area contributed by atoms with Crippen LogP contribution in [-0.4, -0.2) is 41.0 Å². The fourth-order valence-electron chi connectivity index (χ4n) is 2.73. The van der Waals surface area contributed by atoms with Crippen LogP contribution in [0.2, 0.25) is 5.02 Å². The summed E-state index contributed by atoms with van der Waals surface area (Å²) in [6.07, 6.45) is 2.51. The number of nitrogens with zero attached hydrogens (tertiary/aromatic N) is 3. The van der Waals surface area contributed by atoms with Crippen LogP contribution in [0.5, 0.6) is 5.75 Å². The maximum absolute atomic E-state index is 12.4. The van der Waals surface area contributed by atoms with Gasteiger partial charge in [0.15, 0.2) is 5.84 Å². The first-order valence-corrected chi connectivity index (χ1v) is 12.0. The van der Waals surface area contributed by atoms with Crippen LogP contribution in [0, 0.1) is 5.41 Å². The molecule has 0 spiro atoms. The number of thioether (sulfide) groups is 1. The molecule has 0 radical (unpaired) electrons. The first kappa shape index (κ1) is 21.3. The average molecular weight is 475 g/mol. The molecule has 0 aliphatic carbocycles. The Morgan fingerprint density at radius 3 is 2.58 bits per heavy atom. The molecule has 0 unspecified atom stereocenters. The van der Waals surface area contributed by atoms with Crippen molar-refractivity contribution in [2.24, 2.45) is 10.1 Å². The Kier molecular flexibility index (Phi) is 5.69. The van der Waals surface area contributed by atoms with Crippen molar-refractivity contribution in [3.8, 4) is 5.75 Å². The highest BCUT2D eigenvalue weighted by Crippen LogP contribution is 2.30. The fourth-order valence-corrected chi connectivity index (χ4v) is 4.60. The molecular weight excluding hydrogens is 460 g/mol. The van der Waals surface area contributed by atoms with Crippen LogP contribution in [0.15, 0.2) is 64.2 Å². The number of benzene rings is 2. The van der Waals surface area contributed by atoms with E-state index in [1.807, 2.05) is 18.2 Å². The smallest absolute Gasteiger partial charge is 0.283 e. The molecule has 0 fully saturated rings. The standard InChI is InChI=1S/C20H15ClN4O4S2/c1-31(27,28)20-24-25-17(22)15(18(26)23-19(25)30-20)10-12-6-8-14(9-7-12)29-11-13-4-2-3-5-16(13)21/h2-10,22H,11H2,1H3/b15-10+,22-17?. The number of aliphatic imine (C=N–C) groups is 1. The summed E-state index contributed by atoms with van der Waals surface area (Å²) in [5.74, 6) is -0.251. The molecule has 0 saturated carbocycles. The highest BCUT2D eigenvalue weighted by Gasteiger charge is 2.38. The van der Waals surface area contributed by atoms with E-state index in [0.29, 0.717) is 22.9 Å². The number of rotatable bonds is 4. The number of hydrogen-bond donors (Lipinski definition) is 1. The van der Waals surface area contributed by atoms with Crippen LogP contribution < -0.4 is 4.74 Å². The van der Waals surface area contributed by atoms with Crippen molar-refractivity contribution in [1.29, 1.82) is 5.41 Å². The van der Waals surface area contributed by atoms with Crippen molar-refractivity contribution >= 4 is 60.6 Å². The molecule has 0 bridgehead atoms. The molecule has 1 amide bonds. The van der Waals surface area contributed by atoms with Crippen molar-refractivity contribution in [2.75, 3.05) is 6.26 Å². The number of hydrogen-bond acceptors (Lipinski definition) is 7. The number of amidine groups is 2. The number of hydrazone groups is 1. The van der Waals surface area contributed by atoms with E-state index < -0.39 is 15.7 Å². The maximum atomic E-state index is 12.4. The zero-order valence-corrected chi connectivity index (χ0v) is 18.5. The number of halogens is 1. The molecule has 2 aliphatic rings. The summed E-state index contributed by atoms with van der Waals surface area (Å²) in [5.41, 5.74) is 1.52. The lowest BCUT2D eigenvalue weighted by Gasteiger charge is -2.20. The SMILES string of the molecule is CS(=O)(=O)C1=NN2C(=N)/C(=C\c3ccc(OCc4ccccc4Cl)cc3)C(=O)N=C2S1. The zero-order valence-electron chi connectivity index (χ0n) is 16.1. The van der Waals surface area contributed by atoms with Crippen molar-refractivity contribution in [3.63, 3.8) is 0 Å². The van der Waals surface area contributed by atoms with Gasteiger partial charge in [-0.3, -0.25) is 10.2 Å². The Bertz CT molecular complexity index is 1280. The number of carbonyl (C=O) groups is 1. The Labute approximate surface area is 187 Å². The van der Waals surface area contributed by atoms with Crippen molar-refractivity contribution in [3.05, 3.63) is 70.3 Å². The van der Waals surface area contributed by atoms with Gasteiger partial charge < -0.3 is 4.74 Å². The molecule has 4 rings (SSSR count). The molecule has 2 aliphatic heterocycles. The Morgan fingerprint density at radius 1 is 1.19 bits per heavy atom. The average Bonchev–Trinajstić information content (AvgIpc) is 3.16. The van der Waals surface area contributed by atoms with Gasteiger partial charge >= 0.3 is 0 Å². The molecule has 0 aromatic heterocycles. The largest absolute Gasteiger partial charge is 0.489 e. The van der Waals surface area contributed by atoms with E-state index in [0.717, 1.165) is 28.6 Å².